The summed E-state index contributed by atoms with van der Waals surface area (Å²) >= 11 is 0. The highest BCUT2D eigenvalue weighted by Gasteiger charge is 2.05. The maximum Gasteiger partial charge on any atom is 0.334 e. The van der Waals surface area contributed by atoms with Crippen molar-refractivity contribution in [2.45, 2.75) is 0 Å². The predicted octanol–water partition coefficient (Wildman–Crippen LogP) is 3.10. The van der Waals surface area contributed by atoms with Gasteiger partial charge in [-0.25, -0.2) is 18.6 Å². The first-order valence-corrected chi connectivity index (χ1v) is 6.26. The van der Waals surface area contributed by atoms with E-state index in [4.69, 9.17) is 10.5 Å². The molecule has 0 unspecified atom stereocenters. The van der Waals surface area contributed by atoms with Gasteiger partial charge in [0.15, 0.2) is 0 Å². The van der Waals surface area contributed by atoms with E-state index in [0.717, 1.165) is 11.1 Å². The fourth-order valence-electron chi connectivity index (χ4n) is 1.52. The number of hydrogen-bond acceptors (Lipinski definition) is 3. The Bertz CT molecular complexity index is 702. The Hall–Kier alpha value is -2.96. The number of primary amides is 1. The molecule has 0 aliphatic carbocycles. The molecule has 2 aromatic carbocycles. The maximum atomic E-state index is 13.9. The van der Waals surface area contributed by atoms with Crippen molar-refractivity contribution in [3.63, 3.8) is 0 Å². The molecule has 0 atom stereocenters. The Morgan fingerprint density at radius 2 is 1.82 bits per heavy atom. The Kier molecular flexibility index (Phi) is 4.67. The summed E-state index contributed by atoms with van der Waals surface area (Å²) in [7, 11) is 1.35. The second-order valence-corrected chi connectivity index (χ2v) is 4.35. The quantitative estimate of drug-likeness (QED) is 0.696. The molecule has 0 spiro atoms. The number of carbonyl (C=O) groups is 1. The van der Waals surface area contributed by atoms with Gasteiger partial charge in [0, 0.05) is 18.7 Å². The highest BCUT2D eigenvalue weighted by atomic mass is 19.1. The topological polar surface area (TPSA) is 67.9 Å². The van der Waals surface area contributed by atoms with Crippen molar-refractivity contribution < 1.29 is 18.3 Å². The molecule has 2 rings (SSSR count). The molecule has 114 valence electrons. The summed E-state index contributed by atoms with van der Waals surface area (Å²) in [5, 5.41) is 4.57. The number of urea groups is 1. The minimum absolute atomic E-state index is 0.166. The molecule has 0 saturated heterocycles. The molecule has 5 nitrogen and oxygen atoms in total. The summed E-state index contributed by atoms with van der Waals surface area (Å²) in [5.74, 6) is -0.329. The van der Waals surface area contributed by atoms with E-state index in [1.54, 1.807) is 0 Å². The Labute approximate surface area is 125 Å². The third-order valence-corrected chi connectivity index (χ3v) is 2.71. The predicted molar refractivity (Wildman–Crippen MR) is 77.8 cm³/mol. The number of hydrazone groups is 1. The normalized spacial score (nSPS) is 10.7. The van der Waals surface area contributed by atoms with Crippen molar-refractivity contribution in [3.05, 3.63) is 59.7 Å². The van der Waals surface area contributed by atoms with Crippen molar-refractivity contribution >= 4 is 12.2 Å². The van der Waals surface area contributed by atoms with Gasteiger partial charge in [0.2, 0.25) is 0 Å². The summed E-state index contributed by atoms with van der Waals surface area (Å²) in [6.45, 7) is 0. The van der Waals surface area contributed by atoms with Crippen LogP contribution in [0.5, 0.6) is 11.5 Å². The minimum atomic E-state index is -0.757. The molecule has 0 aliphatic rings. The lowest BCUT2D eigenvalue weighted by Gasteiger charge is -2.08. The number of nitrogens with two attached hydrogens (primary N) is 1. The highest BCUT2D eigenvalue weighted by molar-refractivity contribution is 5.81. The molecule has 0 heterocycles. The Morgan fingerprint density at radius 3 is 2.41 bits per heavy atom. The first-order valence-electron chi connectivity index (χ1n) is 6.26. The van der Waals surface area contributed by atoms with E-state index in [2.05, 4.69) is 5.10 Å². The van der Waals surface area contributed by atoms with Crippen LogP contribution in [0.3, 0.4) is 0 Å². The molecule has 0 aromatic heterocycles. The van der Waals surface area contributed by atoms with Gasteiger partial charge in [-0.15, -0.1) is 0 Å². The number of halogens is 2. The van der Waals surface area contributed by atoms with Crippen molar-refractivity contribution in [1.82, 2.24) is 5.01 Å². The highest BCUT2D eigenvalue weighted by Crippen LogP contribution is 2.23. The zero-order valence-electron chi connectivity index (χ0n) is 11.7. The molecule has 0 aliphatic heterocycles. The van der Waals surface area contributed by atoms with Crippen LogP contribution in [0.15, 0.2) is 47.6 Å². The number of hydrogen-bond donors (Lipinski definition) is 1. The van der Waals surface area contributed by atoms with E-state index in [0.29, 0.717) is 5.75 Å². The number of carbonyl (C=O) groups excluding carboxylic acids is 1. The third-order valence-electron chi connectivity index (χ3n) is 2.71. The number of rotatable bonds is 4. The average Bonchev–Trinajstić information content (AvgIpc) is 2.48. The number of ether oxygens (including phenoxy) is 1. The smallest absolute Gasteiger partial charge is 0.334 e. The molecule has 0 radical (unpaired) electrons. The molecule has 22 heavy (non-hydrogen) atoms. The van der Waals surface area contributed by atoms with Crippen LogP contribution in [-0.4, -0.2) is 24.3 Å². The van der Waals surface area contributed by atoms with Crippen LogP contribution in [0, 0.1) is 11.6 Å². The Balaban J connectivity index is 2.12. The van der Waals surface area contributed by atoms with Gasteiger partial charge >= 0.3 is 6.03 Å². The van der Waals surface area contributed by atoms with Gasteiger partial charge in [0.05, 0.1) is 6.21 Å². The van der Waals surface area contributed by atoms with E-state index in [9.17, 15) is 13.6 Å². The van der Waals surface area contributed by atoms with Gasteiger partial charge in [0.1, 0.15) is 23.1 Å². The molecular formula is C15H13F2N3O2. The summed E-state index contributed by atoms with van der Waals surface area (Å²) in [5.41, 5.74) is 5.16. The SMILES string of the molecule is CN(N=Cc1ccc(Oc2ccc(F)cc2)cc1F)C(N)=O. The molecule has 0 bridgehead atoms. The van der Waals surface area contributed by atoms with E-state index in [1.807, 2.05) is 0 Å². The monoisotopic (exact) mass is 305 g/mol. The summed E-state index contributed by atoms with van der Waals surface area (Å²) < 4.78 is 32.1. The van der Waals surface area contributed by atoms with Crippen LogP contribution in [0.1, 0.15) is 5.56 Å². The minimum Gasteiger partial charge on any atom is -0.457 e. The summed E-state index contributed by atoms with van der Waals surface area (Å²) in [6.07, 6.45) is 1.17. The van der Waals surface area contributed by atoms with Crippen molar-refractivity contribution in [2.75, 3.05) is 7.05 Å². The first kappa shape index (κ1) is 15.4. The summed E-state index contributed by atoms with van der Waals surface area (Å²) in [4.78, 5) is 10.8. The fraction of sp³-hybridized carbons (Fsp3) is 0.0667. The lowest BCUT2D eigenvalue weighted by molar-refractivity contribution is 0.220. The molecule has 2 aromatic rings. The van der Waals surface area contributed by atoms with Crippen molar-refractivity contribution in [1.29, 1.82) is 0 Å². The van der Waals surface area contributed by atoms with Gasteiger partial charge in [-0.3, -0.25) is 0 Å². The van der Waals surface area contributed by atoms with Gasteiger partial charge in [-0.2, -0.15) is 5.10 Å². The Morgan fingerprint density at radius 1 is 1.18 bits per heavy atom. The average molecular weight is 305 g/mol. The van der Waals surface area contributed by atoms with Crippen LogP contribution in [-0.2, 0) is 0 Å². The largest absolute Gasteiger partial charge is 0.457 e. The van der Waals surface area contributed by atoms with Crippen molar-refractivity contribution in [3.8, 4) is 11.5 Å². The lowest BCUT2D eigenvalue weighted by Crippen LogP contribution is -2.27. The third kappa shape index (κ3) is 4.02. The molecule has 0 saturated carbocycles. The van der Waals surface area contributed by atoms with Gasteiger partial charge < -0.3 is 10.5 Å². The maximum absolute atomic E-state index is 13.9. The zero-order valence-corrected chi connectivity index (χ0v) is 11.7. The van der Waals surface area contributed by atoms with Crippen LogP contribution >= 0.6 is 0 Å². The van der Waals surface area contributed by atoms with Crippen LogP contribution < -0.4 is 10.5 Å². The zero-order chi connectivity index (χ0) is 16.1. The molecule has 2 N–H and O–H groups in total. The van der Waals surface area contributed by atoms with Gasteiger partial charge in [-0.05, 0) is 36.4 Å². The lowest BCUT2D eigenvalue weighted by atomic mass is 10.2. The number of benzene rings is 2. The second-order valence-electron chi connectivity index (χ2n) is 4.35. The molecular weight excluding hydrogens is 292 g/mol. The molecule has 2 amide bonds. The number of amides is 2. The molecule has 0 fully saturated rings. The van der Waals surface area contributed by atoms with Crippen LogP contribution in [0.4, 0.5) is 13.6 Å². The second kappa shape index (κ2) is 6.66. The number of nitrogens with zero attached hydrogens (tertiary/aromatic N) is 2. The summed E-state index contributed by atoms with van der Waals surface area (Å²) in [6, 6.07) is 8.72. The molecule has 7 heteroatoms. The van der Waals surface area contributed by atoms with Gasteiger partial charge in [0.25, 0.3) is 0 Å². The standard InChI is InChI=1S/C15H13F2N3O2/c1-20(15(18)21)19-9-10-2-5-13(8-14(10)17)22-12-6-3-11(16)4-7-12/h2-9H,1H3,(H2,18,21). The van der Waals surface area contributed by atoms with Crippen LogP contribution in [0.25, 0.3) is 0 Å². The first-order chi connectivity index (χ1) is 10.5. The van der Waals surface area contributed by atoms with Gasteiger partial charge in [-0.1, -0.05) is 0 Å². The van der Waals surface area contributed by atoms with Crippen molar-refractivity contribution in [2.24, 2.45) is 10.8 Å². The van der Waals surface area contributed by atoms with E-state index in [-0.39, 0.29) is 17.1 Å². The van der Waals surface area contributed by atoms with E-state index in [1.165, 1.54) is 49.7 Å². The fourth-order valence-corrected chi connectivity index (χ4v) is 1.52. The van der Waals surface area contributed by atoms with E-state index < -0.39 is 11.8 Å². The van der Waals surface area contributed by atoms with E-state index >= 15 is 0 Å². The van der Waals surface area contributed by atoms with Crippen LogP contribution in [0.2, 0.25) is 0 Å².